The van der Waals surface area contributed by atoms with Crippen molar-refractivity contribution >= 4 is 35.4 Å². The lowest BCUT2D eigenvalue weighted by atomic mass is 10.1. The molecular weight excluding hydrogens is 704 g/mol. The van der Waals surface area contributed by atoms with Crippen LogP contribution in [0.4, 0.5) is 11.4 Å². The van der Waals surface area contributed by atoms with Crippen LogP contribution < -0.4 is 9.47 Å². The third-order valence-electron chi connectivity index (χ3n) is 10.2. The number of aromatic hydroxyl groups is 2. The van der Waals surface area contributed by atoms with Crippen molar-refractivity contribution in [3.8, 4) is 23.0 Å². The Morgan fingerprint density at radius 2 is 0.818 bits per heavy atom. The Morgan fingerprint density at radius 1 is 0.455 bits per heavy atom. The number of phenolic OH excluding ortho intramolecular Hbond substituents is 2. The van der Waals surface area contributed by atoms with Crippen molar-refractivity contribution < 1.29 is 19.7 Å². The van der Waals surface area contributed by atoms with Crippen molar-refractivity contribution in [1.82, 2.24) is 0 Å². The molecule has 55 heavy (non-hydrogen) atoms. The third kappa shape index (κ3) is 20.8. The first-order valence-corrected chi connectivity index (χ1v) is 22.2. The molecule has 0 aliphatic rings. The van der Waals surface area contributed by atoms with Gasteiger partial charge in [-0.2, -0.15) is 0 Å². The summed E-state index contributed by atoms with van der Waals surface area (Å²) in [6.45, 7) is 5.81. The number of ether oxygens (including phenoxy) is 2. The number of hydrogen-bond donors (Lipinski definition) is 2. The van der Waals surface area contributed by atoms with Crippen LogP contribution in [-0.4, -0.2) is 35.9 Å². The molecule has 0 atom stereocenters. The van der Waals surface area contributed by atoms with Gasteiger partial charge in [0.1, 0.15) is 23.0 Å². The predicted octanol–water partition coefficient (Wildman–Crippen LogP) is 15.4. The van der Waals surface area contributed by atoms with Gasteiger partial charge in [0.25, 0.3) is 0 Å². The largest absolute Gasteiger partial charge is 0.507 e. The van der Waals surface area contributed by atoms with E-state index >= 15 is 0 Å². The van der Waals surface area contributed by atoms with E-state index in [0.717, 1.165) is 25.7 Å². The topological polar surface area (TPSA) is 83.6 Å². The smallest absolute Gasteiger partial charge is 0.128 e. The number of halogens is 1. The van der Waals surface area contributed by atoms with Crippen LogP contribution in [0.5, 0.6) is 23.0 Å². The Balaban J connectivity index is 1.37. The van der Waals surface area contributed by atoms with Gasteiger partial charge in [-0.1, -0.05) is 167 Å². The SMILES string of the molecule is CCCCCCCCCCCCCCOc1ccc(C=Nc2ccc(Cl)cc2N=Cc2ccc(OCCCCCCCCCCCCCC)cc2O)c(O)c1. The molecule has 7 heteroatoms. The molecule has 0 unspecified atom stereocenters. The number of nitrogens with zero attached hydrogens (tertiary/aromatic N) is 2. The quantitative estimate of drug-likeness (QED) is 0.0489. The molecule has 6 nitrogen and oxygen atoms in total. The molecule has 0 bridgehead atoms. The number of rotatable bonds is 32. The highest BCUT2D eigenvalue weighted by atomic mass is 35.5. The highest BCUT2D eigenvalue weighted by Gasteiger charge is 2.07. The van der Waals surface area contributed by atoms with Gasteiger partial charge in [-0.3, -0.25) is 9.98 Å². The lowest BCUT2D eigenvalue weighted by Gasteiger charge is -2.08. The summed E-state index contributed by atoms with van der Waals surface area (Å²) in [7, 11) is 0. The van der Waals surface area contributed by atoms with Crippen LogP contribution in [-0.2, 0) is 0 Å². The average molecular weight is 776 g/mol. The molecule has 3 aromatic rings. The maximum atomic E-state index is 10.7. The average Bonchev–Trinajstić information content (AvgIpc) is 3.18. The fourth-order valence-electron chi connectivity index (χ4n) is 6.70. The minimum absolute atomic E-state index is 0.0917. The minimum atomic E-state index is 0.0917. The number of aliphatic imine (C=N–C) groups is 2. The summed E-state index contributed by atoms with van der Waals surface area (Å²) in [6, 6.07) is 15.8. The fraction of sp³-hybridized carbons (Fsp3) is 0.583. The molecule has 0 fully saturated rings. The van der Waals surface area contributed by atoms with E-state index in [9.17, 15) is 10.2 Å². The summed E-state index contributed by atoms with van der Waals surface area (Å²) in [5.74, 6) is 1.48. The van der Waals surface area contributed by atoms with Crippen molar-refractivity contribution in [2.45, 2.75) is 168 Å². The van der Waals surface area contributed by atoms with E-state index in [4.69, 9.17) is 21.1 Å². The van der Waals surface area contributed by atoms with Crippen LogP contribution in [0.25, 0.3) is 0 Å². The highest BCUT2D eigenvalue weighted by molar-refractivity contribution is 6.31. The van der Waals surface area contributed by atoms with Crippen LogP contribution in [0.3, 0.4) is 0 Å². The Bertz CT molecular complexity index is 1510. The molecule has 0 aliphatic heterocycles. The molecule has 0 spiro atoms. The van der Waals surface area contributed by atoms with Crippen LogP contribution in [0.2, 0.25) is 5.02 Å². The molecule has 0 saturated carbocycles. The lowest BCUT2D eigenvalue weighted by molar-refractivity contribution is 0.302. The van der Waals surface area contributed by atoms with Crippen LogP contribution in [0.1, 0.15) is 179 Å². The first-order valence-electron chi connectivity index (χ1n) is 21.8. The highest BCUT2D eigenvalue weighted by Crippen LogP contribution is 2.33. The summed E-state index contributed by atoms with van der Waals surface area (Å²) < 4.78 is 11.8. The van der Waals surface area contributed by atoms with E-state index in [1.54, 1.807) is 54.9 Å². The molecule has 304 valence electrons. The number of hydrogen-bond acceptors (Lipinski definition) is 6. The van der Waals surface area contributed by atoms with Gasteiger partial charge in [0.15, 0.2) is 0 Å². The maximum Gasteiger partial charge on any atom is 0.128 e. The van der Waals surface area contributed by atoms with Crippen molar-refractivity contribution in [2.75, 3.05) is 13.2 Å². The third-order valence-corrected chi connectivity index (χ3v) is 10.4. The van der Waals surface area contributed by atoms with Gasteiger partial charge in [-0.25, -0.2) is 0 Å². The molecular formula is C48H71ClN2O4. The van der Waals surface area contributed by atoms with Gasteiger partial charge in [0.2, 0.25) is 0 Å². The number of benzene rings is 3. The van der Waals surface area contributed by atoms with Gasteiger partial charge in [0, 0.05) is 40.7 Å². The summed E-state index contributed by atoms with van der Waals surface area (Å²) >= 11 is 6.31. The summed E-state index contributed by atoms with van der Waals surface area (Å²) in [5.41, 5.74) is 2.25. The maximum absolute atomic E-state index is 10.7. The van der Waals surface area contributed by atoms with Crippen LogP contribution in [0.15, 0.2) is 64.6 Å². The number of unbranched alkanes of at least 4 members (excludes halogenated alkanes) is 22. The van der Waals surface area contributed by atoms with Crippen molar-refractivity contribution in [2.24, 2.45) is 9.98 Å². The Labute approximate surface area is 338 Å². The van der Waals surface area contributed by atoms with Gasteiger partial charge >= 0.3 is 0 Å². The summed E-state index contributed by atoms with van der Waals surface area (Å²) in [4.78, 5) is 9.20. The second kappa shape index (κ2) is 29.7. The van der Waals surface area contributed by atoms with Crippen LogP contribution in [0, 0.1) is 0 Å². The standard InChI is InChI=1S/C48H71ClN2O4/c1-3-5-7-9-11-13-15-17-19-21-23-25-33-54-43-30-27-40(47(52)36-43)38-50-45-32-29-42(49)35-46(45)51-39-41-28-31-44(37-48(41)53)55-34-26-24-22-20-18-16-14-12-10-8-6-4-2/h27-32,35-39,52-53H,3-26,33-34H2,1-2H3. The molecule has 3 aromatic carbocycles. The zero-order valence-corrected chi connectivity index (χ0v) is 35.0. The fourth-order valence-corrected chi connectivity index (χ4v) is 6.86. The molecule has 0 aromatic heterocycles. The second-order valence-corrected chi connectivity index (χ2v) is 15.5. The minimum Gasteiger partial charge on any atom is -0.507 e. The molecule has 0 aliphatic carbocycles. The Kier molecular flexibility index (Phi) is 24.8. The zero-order chi connectivity index (χ0) is 39.2. The van der Waals surface area contributed by atoms with Crippen molar-refractivity contribution in [1.29, 1.82) is 0 Å². The molecule has 2 N–H and O–H groups in total. The van der Waals surface area contributed by atoms with E-state index in [1.165, 1.54) is 128 Å². The van der Waals surface area contributed by atoms with Gasteiger partial charge < -0.3 is 19.7 Å². The summed E-state index contributed by atoms with van der Waals surface area (Å²) in [5, 5.41) is 21.9. The Hall–Kier alpha value is -3.51. The van der Waals surface area contributed by atoms with Gasteiger partial charge in [-0.05, 0) is 55.3 Å². The van der Waals surface area contributed by atoms with Gasteiger partial charge in [0.05, 0.1) is 24.6 Å². The molecule has 0 saturated heterocycles. The molecule has 3 rings (SSSR count). The zero-order valence-electron chi connectivity index (χ0n) is 34.2. The first-order chi connectivity index (χ1) is 27.0. The number of phenols is 2. The van der Waals surface area contributed by atoms with E-state index in [0.29, 0.717) is 52.2 Å². The second-order valence-electron chi connectivity index (χ2n) is 15.1. The lowest BCUT2D eigenvalue weighted by Crippen LogP contribution is -1.97. The van der Waals surface area contributed by atoms with E-state index in [-0.39, 0.29) is 11.5 Å². The Morgan fingerprint density at radius 3 is 1.20 bits per heavy atom. The normalized spacial score (nSPS) is 11.6. The first kappa shape index (κ1) is 45.9. The van der Waals surface area contributed by atoms with E-state index in [2.05, 4.69) is 23.8 Å². The molecule has 0 heterocycles. The predicted molar refractivity (Wildman–Crippen MR) is 235 cm³/mol. The molecule has 0 amide bonds. The van der Waals surface area contributed by atoms with Crippen molar-refractivity contribution in [3.05, 3.63) is 70.7 Å². The molecule has 0 radical (unpaired) electrons. The van der Waals surface area contributed by atoms with Crippen molar-refractivity contribution in [3.63, 3.8) is 0 Å². The monoisotopic (exact) mass is 775 g/mol. The summed E-state index contributed by atoms with van der Waals surface area (Å²) in [6.07, 6.45) is 34.5. The van der Waals surface area contributed by atoms with Crippen LogP contribution >= 0.6 is 11.6 Å². The van der Waals surface area contributed by atoms with E-state index in [1.807, 2.05) is 12.1 Å². The van der Waals surface area contributed by atoms with E-state index < -0.39 is 0 Å². The van der Waals surface area contributed by atoms with Gasteiger partial charge in [-0.15, -0.1) is 0 Å².